The lowest BCUT2D eigenvalue weighted by Crippen LogP contribution is -2.17. The molecule has 0 aliphatic heterocycles. The van der Waals surface area contributed by atoms with Crippen molar-refractivity contribution >= 4 is 34.3 Å². The van der Waals surface area contributed by atoms with Crippen LogP contribution in [0.1, 0.15) is 11.3 Å². The number of carbonyl (C=O) groups is 1. The predicted molar refractivity (Wildman–Crippen MR) is 108 cm³/mol. The van der Waals surface area contributed by atoms with E-state index in [1.54, 1.807) is 36.3 Å². The summed E-state index contributed by atoms with van der Waals surface area (Å²) in [6, 6.07) is 14.7. The van der Waals surface area contributed by atoms with Crippen LogP contribution in [0.25, 0.3) is 16.7 Å². The first-order valence-corrected chi connectivity index (χ1v) is 9.08. The van der Waals surface area contributed by atoms with Crippen molar-refractivity contribution < 1.29 is 13.9 Å². The Bertz CT molecular complexity index is 1160. The fourth-order valence-corrected chi connectivity index (χ4v) is 3.27. The number of halogens is 1. The number of carbonyl (C=O) groups excluding carboxylic acids is 1. The van der Waals surface area contributed by atoms with E-state index in [1.165, 1.54) is 0 Å². The van der Waals surface area contributed by atoms with Gasteiger partial charge >= 0.3 is 0 Å². The molecule has 0 bridgehead atoms. The third kappa shape index (κ3) is 3.59. The van der Waals surface area contributed by atoms with Crippen molar-refractivity contribution in [2.24, 2.45) is 0 Å². The average molecular weight is 396 g/mol. The second kappa shape index (κ2) is 7.40. The molecule has 1 amide bonds. The van der Waals surface area contributed by atoms with Crippen molar-refractivity contribution in [1.29, 1.82) is 0 Å². The number of rotatable bonds is 5. The third-order valence-electron chi connectivity index (χ3n) is 4.37. The molecule has 2 aromatic heterocycles. The molecule has 2 heterocycles. The number of anilines is 1. The molecule has 0 atom stereocenters. The number of hydrogen-bond donors (Lipinski definition) is 1. The zero-order chi connectivity index (χ0) is 19.7. The van der Waals surface area contributed by atoms with Gasteiger partial charge in [-0.2, -0.15) is 5.10 Å². The lowest BCUT2D eigenvalue weighted by Gasteiger charge is -2.09. The maximum absolute atomic E-state index is 12.7. The van der Waals surface area contributed by atoms with Gasteiger partial charge in [-0.1, -0.05) is 17.7 Å². The highest BCUT2D eigenvalue weighted by Gasteiger charge is 2.15. The topological polar surface area (TPSA) is 69.3 Å². The van der Waals surface area contributed by atoms with Crippen molar-refractivity contribution in [2.45, 2.75) is 13.3 Å². The molecule has 4 aromatic rings. The van der Waals surface area contributed by atoms with E-state index in [0.717, 1.165) is 22.3 Å². The molecule has 7 heteroatoms. The van der Waals surface area contributed by atoms with Crippen LogP contribution < -0.4 is 10.1 Å². The summed E-state index contributed by atoms with van der Waals surface area (Å²) in [5, 5.41) is 8.86. The van der Waals surface area contributed by atoms with E-state index in [4.69, 9.17) is 20.8 Å². The highest BCUT2D eigenvalue weighted by molar-refractivity contribution is 6.30. The van der Waals surface area contributed by atoms with Gasteiger partial charge in [0.1, 0.15) is 17.2 Å². The number of nitrogens with zero attached hydrogens (tertiary/aromatic N) is 2. The van der Waals surface area contributed by atoms with Gasteiger partial charge in [0.2, 0.25) is 5.91 Å². The Morgan fingerprint density at radius 3 is 2.89 bits per heavy atom. The standard InChI is InChI=1S/C21H18ClN3O3/c1-13-8-20(25(24-13)16-5-3-4-15(22)10-16)23-21(26)9-14-12-28-19-11-17(27-2)6-7-18(14)19/h3-8,10-12H,9H2,1-2H3,(H,23,26). The monoisotopic (exact) mass is 395 g/mol. The number of aryl methyl sites for hydroxylation is 1. The van der Waals surface area contributed by atoms with Crippen LogP contribution in [0.5, 0.6) is 5.75 Å². The summed E-state index contributed by atoms with van der Waals surface area (Å²) >= 11 is 6.08. The van der Waals surface area contributed by atoms with Crippen LogP contribution in [0.4, 0.5) is 5.82 Å². The maximum Gasteiger partial charge on any atom is 0.230 e. The number of furan rings is 1. The number of nitrogens with one attached hydrogen (secondary N) is 1. The Balaban J connectivity index is 1.57. The molecule has 0 saturated carbocycles. The quantitative estimate of drug-likeness (QED) is 0.528. The van der Waals surface area contributed by atoms with E-state index >= 15 is 0 Å². The van der Waals surface area contributed by atoms with E-state index in [1.807, 2.05) is 37.3 Å². The Morgan fingerprint density at radius 1 is 1.25 bits per heavy atom. The van der Waals surface area contributed by atoms with E-state index in [0.29, 0.717) is 22.2 Å². The molecule has 0 aliphatic rings. The van der Waals surface area contributed by atoms with Crippen LogP contribution >= 0.6 is 11.6 Å². The second-order valence-corrected chi connectivity index (χ2v) is 6.85. The Labute approximate surface area is 166 Å². The van der Waals surface area contributed by atoms with Crippen molar-refractivity contribution in [3.05, 3.63) is 71.1 Å². The lowest BCUT2D eigenvalue weighted by molar-refractivity contribution is -0.115. The lowest BCUT2D eigenvalue weighted by atomic mass is 10.1. The Morgan fingerprint density at radius 2 is 2.11 bits per heavy atom. The Hall–Kier alpha value is -3.25. The number of fused-ring (bicyclic) bond motifs is 1. The van der Waals surface area contributed by atoms with Gasteiger partial charge in [0.15, 0.2) is 0 Å². The molecule has 0 saturated heterocycles. The van der Waals surface area contributed by atoms with Crippen LogP contribution in [0, 0.1) is 6.92 Å². The number of benzene rings is 2. The summed E-state index contributed by atoms with van der Waals surface area (Å²) in [5.41, 5.74) is 3.05. The SMILES string of the molecule is COc1ccc2c(CC(=O)Nc3cc(C)nn3-c3cccc(Cl)c3)coc2c1. The fourth-order valence-electron chi connectivity index (χ4n) is 3.08. The summed E-state index contributed by atoms with van der Waals surface area (Å²) in [5.74, 6) is 1.12. The summed E-state index contributed by atoms with van der Waals surface area (Å²) in [7, 11) is 1.60. The molecule has 6 nitrogen and oxygen atoms in total. The molecule has 0 fully saturated rings. The molecule has 0 radical (unpaired) electrons. The first-order valence-electron chi connectivity index (χ1n) is 8.70. The van der Waals surface area contributed by atoms with Crippen molar-refractivity contribution in [1.82, 2.24) is 9.78 Å². The minimum atomic E-state index is -0.165. The predicted octanol–water partition coefficient (Wildman–Crippen LogP) is 4.77. The van der Waals surface area contributed by atoms with E-state index < -0.39 is 0 Å². The molecule has 28 heavy (non-hydrogen) atoms. The van der Waals surface area contributed by atoms with E-state index in [2.05, 4.69) is 10.4 Å². The minimum absolute atomic E-state index is 0.165. The van der Waals surface area contributed by atoms with Gasteiger partial charge in [0.05, 0.1) is 31.2 Å². The van der Waals surface area contributed by atoms with Gasteiger partial charge in [0, 0.05) is 28.1 Å². The van der Waals surface area contributed by atoms with Crippen LogP contribution in [0.2, 0.25) is 5.02 Å². The average Bonchev–Trinajstić information content (AvgIpc) is 3.24. The summed E-state index contributed by atoms with van der Waals surface area (Å²) in [6.07, 6.45) is 1.78. The third-order valence-corrected chi connectivity index (χ3v) is 4.60. The Kier molecular flexibility index (Phi) is 4.79. The summed E-state index contributed by atoms with van der Waals surface area (Å²) in [6.45, 7) is 1.87. The van der Waals surface area contributed by atoms with Gasteiger partial charge < -0.3 is 14.5 Å². The minimum Gasteiger partial charge on any atom is -0.497 e. The van der Waals surface area contributed by atoms with Crippen LogP contribution in [0.3, 0.4) is 0 Å². The van der Waals surface area contributed by atoms with E-state index in [-0.39, 0.29) is 12.3 Å². The highest BCUT2D eigenvalue weighted by Crippen LogP contribution is 2.26. The molecule has 0 unspecified atom stereocenters. The molecular formula is C21H18ClN3O3. The second-order valence-electron chi connectivity index (χ2n) is 6.41. The summed E-state index contributed by atoms with van der Waals surface area (Å²) in [4.78, 5) is 12.7. The van der Waals surface area contributed by atoms with Crippen molar-refractivity contribution in [3.63, 3.8) is 0 Å². The van der Waals surface area contributed by atoms with Gasteiger partial charge in [-0.15, -0.1) is 0 Å². The normalized spacial score (nSPS) is 11.0. The smallest absolute Gasteiger partial charge is 0.230 e. The van der Waals surface area contributed by atoms with Crippen molar-refractivity contribution in [2.75, 3.05) is 12.4 Å². The molecule has 1 N–H and O–H groups in total. The van der Waals surface area contributed by atoms with Gasteiger partial charge in [-0.3, -0.25) is 4.79 Å². The zero-order valence-corrected chi connectivity index (χ0v) is 16.2. The van der Waals surface area contributed by atoms with Crippen LogP contribution in [-0.4, -0.2) is 22.8 Å². The molecular weight excluding hydrogens is 378 g/mol. The molecule has 142 valence electrons. The van der Waals surface area contributed by atoms with Gasteiger partial charge in [-0.05, 0) is 37.3 Å². The van der Waals surface area contributed by atoms with E-state index in [9.17, 15) is 4.79 Å². The fraction of sp³-hybridized carbons (Fsp3) is 0.143. The van der Waals surface area contributed by atoms with Gasteiger partial charge in [-0.25, -0.2) is 4.68 Å². The summed E-state index contributed by atoms with van der Waals surface area (Å²) < 4.78 is 12.4. The molecule has 0 aliphatic carbocycles. The number of methoxy groups -OCH3 is 1. The number of ether oxygens (including phenoxy) is 1. The molecule has 4 rings (SSSR count). The highest BCUT2D eigenvalue weighted by atomic mass is 35.5. The number of amides is 1. The van der Waals surface area contributed by atoms with Gasteiger partial charge in [0.25, 0.3) is 0 Å². The zero-order valence-electron chi connectivity index (χ0n) is 15.4. The van der Waals surface area contributed by atoms with Crippen LogP contribution in [-0.2, 0) is 11.2 Å². The largest absolute Gasteiger partial charge is 0.497 e. The van der Waals surface area contributed by atoms with Crippen LogP contribution in [0.15, 0.2) is 59.2 Å². The first kappa shape index (κ1) is 18.1. The maximum atomic E-state index is 12.7. The number of aromatic nitrogens is 2. The number of hydrogen-bond acceptors (Lipinski definition) is 4. The van der Waals surface area contributed by atoms with Crippen molar-refractivity contribution in [3.8, 4) is 11.4 Å². The molecule has 0 spiro atoms. The molecule has 2 aromatic carbocycles. The first-order chi connectivity index (χ1) is 13.5.